The Balaban J connectivity index is 1.33. The van der Waals surface area contributed by atoms with E-state index in [4.69, 9.17) is 9.84 Å². The second-order valence-corrected chi connectivity index (χ2v) is 8.52. The molecule has 2 aromatic carbocycles. The molecule has 0 bridgehead atoms. The molecule has 29 heavy (non-hydrogen) atoms. The summed E-state index contributed by atoms with van der Waals surface area (Å²) >= 11 is 1.58. The molecule has 1 fully saturated rings. The van der Waals surface area contributed by atoms with Crippen LogP contribution in [0.5, 0.6) is 5.75 Å². The van der Waals surface area contributed by atoms with Crippen LogP contribution < -0.4 is 4.74 Å². The van der Waals surface area contributed by atoms with Gasteiger partial charge in [0, 0.05) is 18.0 Å². The predicted octanol–water partition coefficient (Wildman–Crippen LogP) is 4.24. The minimum atomic E-state index is 0.396. The standard InChI is InChI=1S/C22H23N5OS/c1-26-13-5-8-18(14-26)20-23-24-22-27(20)25-21(29-22)17-9-11-19(12-10-17)28-15-16-6-3-2-4-7-16/h2-4,6-7,9-12,18H,5,8,13-15H2,1H3. The van der Waals surface area contributed by atoms with Gasteiger partial charge in [0.1, 0.15) is 17.4 Å². The number of benzene rings is 2. The summed E-state index contributed by atoms with van der Waals surface area (Å²) in [7, 11) is 2.16. The molecule has 1 aliphatic rings. The fraction of sp³-hybridized carbons (Fsp3) is 0.318. The Hall–Kier alpha value is -2.77. The topological polar surface area (TPSA) is 55.5 Å². The zero-order valence-corrected chi connectivity index (χ0v) is 17.2. The van der Waals surface area contributed by atoms with Crippen molar-refractivity contribution in [1.29, 1.82) is 0 Å². The third-order valence-corrected chi connectivity index (χ3v) is 6.30. The molecule has 0 amide bonds. The molecule has 4 aromatic rings. The van der Waals surface area contributed by atoms with Gasteiger partial charge in [0.15, 0.2) is 5.82 Å². The van der Waals surface area contributed by atoms with Crippen LogP contribution in [0.25, 0.3) is 15.5 Å². The summed E-state index contributed by atoms with van der Waals surface area (Å²) in [4.78, 5) is 3.21. The first-order valence-corrected chi connectivity index (χ1v) is 10.8. The van der Waals surface area contributed by atoms with Gasteiger partial charge in [0.2, 0.25) is 4.96 Å². The molecule has 0 spiro atoms. The van der Waals surface area contributed by atoms with Crippen molar-refractivity contribution in [2.24, 2.45) is 0 Å². The molecule has 7 heteroatoms. The van der Waals surface area contributed by atoms with Crippen LogP contribution in [0.1, 0.15) is 30.1 Å². The van der Waals surface area contributed by atoms with E-state index in [1.165, 1.54) is 6.42 Å². The summed E-state index contributed by atoms with van der Waals surface area (Å²) in [5, 5.41) is 14.6. The monoisotopic (exact) mass is 405 g/mol. The molecule has 2 aromatic heterocycles. The molecule has 5 rings (SSSR count). The van der Waals surface area contributed by atoms with E-state index in [-0.39, 0.29) is 0 Å². The maximum atomic E-state index is 5.89. The average molecular weight is 406 g/mol. The minimum Gasteiger partial charge on any atom is -0.489 e. The SMILES string of the molecule is CN1CCCC(c2nnc3sc(-c4ccc(OCc5ccccc5)cc4)nn23)C1. The van der Waals surface area contributed by atoms with Crippen molar-refractivity contribution < 1.29 is 4.74 Å². The second-order valence-electron chi connectivity index (χ2n) is 7.56. The van der Waals surface area contributed by atoms with Crippen LogP contribution in [0.3, 0.4) is 0 Å². The molecular weight excluding hydrogens is 382 g/mol. The highest BCUT2D eigenvalue weighted by Gasteiger charge is 2.25. The highest BCUT2D eigenvalue weighted by atomic mass is 32.1. The predicted molar refractivity (Wildman–Crippen MR) is 114 cm³/mol. The molecule has 6 nitrogen and oxygen atoms in total. The Morgan fingerprint density at radius 1 is 1.07 bits per heavy atom. The zero-order chi connectivity index (χ0) is 19.6. The van der Waals surface area contributed by atoms with Gasteiger partial charge in [-0.25, -0.2) is 0 Å². The van der Waals surface area contributed by atoms with E-state index in [9.17, 15) is 0 Å². The van der Waals surface area contributed by atoms with E-state index in [2.05, 4.69) is 46.4 Å². The van der Waals surface area contributed by atoms with Gasteiger partial charge >= 0.3 is 0 Å². The summed E-state index contributed by atoms with van der Waals surface area (Å²) < 4.78 is 7.82. The first-order chi connectivity index (χ1) is 14.3. The van der Waals surface area contributed by atoms with Gasteiger partial charge in [-0.2, -0.15) is 9.61 Å². The Kier molecular flexibility index (Phi) is 4.99. The number of fused-ring (bicyclic) bond motifs is 1. The minimum absolute atomic E-state index is 0.396. The molecule has 0 N–H and O–H groups in total. The van der Waals surface area contributed by atoms with Crippen molar-refractivity contribution in [3.05, 3.63) is 66.0 Å². The van der Waals surface area contributed by atoms with Crippen molar-refractivity contribution in [3.8, 4) is 16.3 Å². The number of rotatable bonds is 5. The van der Waals surface area contributed by atoms with Gasteiger partial charge in [0.25, 0.3) is 0 Å². The van der Waals surface area contributed by atoms with Crippen molar-refractivity contribution in [1.82, 2.24) is 24.7 Å². The molecule has 3 heterocycles. The number of ether oxygens (including phenoxy) is 1. The number of hydrogen-bond acceptors (Lipinski definition) is 6. The van der Waals surface area contributed by atoms with Gasteiger partial charge in [0.05, 0.1) is 0 Å². The van der Waals surface area contributed by atoms with Crippen LogP contribution >= 0.6 is 11.3 Å². The lowest BCUT2D eigenvalue weighted by molar-refractivity contribution is 0.244. The molecule has 0 saturated carbocycles. The Labute approximate surface area is 173 Å². The van der Waals surface area contributed by atoms with Crippen LogP contribution in [-0.2, 0) is 6.61 Å². The van der Waals surface area contributed by atoms with Crippen LogP contribution in [0.4, 0.5) is 0 Å². The number of aromatic nitrogens is 4. The third-order valence-electron chi connectivity index (χ3n) is 5.35. The second kappa shape index (κ2) is 7.93. The first-order valence-electron chi connectivity index (χ1n) is 9.94. The van der Waals surface area contributed by atoms with E-state index in [1.54, 1.807) is 11.3 Å². The lowest BCUT2D eigenvalue weighted by atomic mass is 9.98. The van der Waals surface area contributed by atoms with Crippen LogP contribution in [0.15, 0.2) is 54.6 Å². The van der Waals surface area contributed by atoms with Crippen LogP contribution in [-0.4, -0.2) is 44.8 Å². The van der Waals surface area contributed by atoms with Gasteiger partial charge < -0.3 is 9.64 Å². The number of likely N-dealkylation sites (N-methyl/N-ethyl adjacent to an activating group) is 1. The van der Waals surface area contributed by atoms with Crippen LogP contribution in [0, 0.1) is 0 Å². The summed E-state index contributed by atoms with van der Waals surface area (Å²) in [5.41, 5.74) is 2.23. The lowest BCUT2D eigenvalue weighted by Gasteiger charge is -2.28. The average Bonchev–Trinajstić information content (AvgIpc) is 3.34. The summed E-state index contributed by atoms with van der Waals surface area (Å²) in [6.45, 7) is 2.73. The highest BCUT2D eigenvalue weighted by Crippen LogP contribution is 2.30. The molecule has 1 saturated heterocycles. The van der Waals surface area contributed by atoms with Gasteiger partial charge in [-0.05, 0) is 56.3 Å². The van der Waals surface area contributed by atoms with Crippen molar-refractivity contribution >= 4 is 16.3 Å². The van der Waals surface area contributed by atoms with E-state index in [1.807, 2.05) is 34.8 Å². The molecule has 1 unspecified atom stereocenters. The number of piperidine rings is 1. The maximum Gasteiger partial charge on any atom is 0.234 e. The molecule has 0 aliphatic carbocycles. The highest BCUT2D eigenvalue weighted by molar-refractivity contribution is 7.19. The molecule has 148 valence electrons. The number of hydrogen-bond donors (Lipinski definition) is 0. The third kappa shape index (κ3) is 3.88. The van der Waals surface area contributed by atoms with Crippen molar-refractivity contribution in [2.75, 3.05) is 20.1 Å². The van der Waals surface area contributed by atoms with E-state index in [0.29, 0.717) is 12.5 Å². The lowest BCUT2D eigenvalue weighted by Crippen LogP contribution is -2.31. The van der Waals surface area contributed by atoms with Gasteiger partial charge in [-0.1, -0.05) is 41.7 Å². The summed E-state index contributed by atoms with van der Waals surface area (Å²) in [6, 6.07) is 18.3. The maximum absolute atomic E-state index is 5.89. The molecule has 1 atom stereocenters. The smallest absolute Gasteiger partial charge is 0.234 e. The zero-order valence-electron chi connectivity index (χ0n) is 16.4. The summed E-state index contributed by atoms with van der Waals surface area (Å²) in [5.74, 6) is 2.23. The van der Waals surface area contributed by atoms with Crippen molar-refractivity contribution in [3.63, 3.8) is 0 Å². The van der Waals surface area contributed by atoms with E-state index in [0.717, 1.165) is 52.2 Å². The Morgan fingerprint density at radius 3 is 2.69 bits per heavy atom. The largest absolute Gasteiger partial charge is 0.489 e. The fourth-order valence-electron chi connectivity index (χ4n) is 3.82. The molecule has 0 radical (unpaired) electrons. The number of likely N-dealkylation sites (tertiary alicyclic amines) is 1. The van der Waals surface area contributed by atoms with Crippen LogP contribution in [0.2, 0.25) is 0 Å². The number of nitrogens with zero attached hydrogens (tertiary/aromatic N) is 5. The quantitative estimate of drug-likeness (QED) is 0.497. The van der Waals surface area contributed by atoms with Gasteiger partial charge in [-0.3, -0.25) is 0 Å². The first kappa shape index (κ1) is 18.3. The summed E-state index contributed by atoms with van der Waals surface area (Å²) in [6.07, 6.45) is 2.34. The normalized spacial score (nSPS) is 17.6. The van der Waals surface area contributed by atoms with Crippen molar-refractivity contribution in [2.45, 2.75) is 25.4 Å². The molecule has 1 aliphatic heterocycles. The van der Waals surface area contributed by atoms with Gasteiger partial charge in [-0.15, -0.1) is 10.2 Å². The molecular formula is C22H23N5OS. The Morgan fingerprint density at radius 2 is 1.90 bits per heavy atom. The Bertz CT molecular complexity index is 1090. The fourth-order valence-corrected chi connectivity index (χ4v) is 4.67. The van der Waals surface area contributed by atoms with E-state index < -0.39 is 0 Å². The van der Waals surface area contributed by atoms with E-state index >= 15 is 0 Å².